The molecule has 0 radical (unpaired) electrons. The Bertz CT molecular complexity index is 822. The highest BCUT2D eigenvalue weighted by Crippen LogP contribution is 2.14. The first-order valence-electron chi connectivity index (χ1n) is 7.04. The van der Waals surface area contributed by atoms with Gasteiger partial charge in [0.1, 0.15) is 17.7 Å². The van der Waals surface area contributed by atoms with E-state index in [0.717, 1.165) is 18.3 Å². The zero-order valence-corrected chi connectivity index (χ0v) is 14.2. The molecule has 1 aromatic rings. The average Bonchev–Trinajstić information content (AvgIpc) is 2.50. The molecule has 4 N–H and O–H groups in total. The van der Waals surface area contributed by atoms with Crippen molar-refractivity contribution in [3.63, 3.8) is 0 Å². The highest BCUT2D eigenvalue weighted by atomic mass is 32.2. The lowest BCUT2D eigenvalue weighted by Gasteiger charge is -2.16. The molecule has 134 valence electrons. The molecule has 0 aromatic heterocycles. The maximum Gasteiger partial charge on any atom is 0.326 e. The van der Waals surface area contributed by atoms with Gasteiger partial charge in [-0.3, -0.25) is 9.35 Å². The Labute approximate surface area is 144 Å². The second kappa shape index (κ2) is 8.27. The number of rotatable bonds is 7. The summed E-state index contributed by atoms with van der Waals surface area (Å²) in [7, 11) is -4.35. The first-order chi connectivity index (χ1) is 11.6. The highest BCUT2D eigenvalue weighted by molar-refractivity contribution is 7.85. The van der Waals surface area contributed by atoms with Crippen LogP contribution in [0.5, 0.6) is 0 Å². The number of anilines is 1. The van der Waals surface area contributed by atoms with Crippen LogP contribution < -0.4 is 10.6 Å². The van der Waals surface area contributed by atoms with Crippen molar-refractivity contribution in [2.45, 2.75) is 24.8 Å². The Hall–Kier alpha value is -2.90. The number of nitriles is 1. The minimum atomic E-state index is -4.35. The standard InChI is InChI=1S/C15H17N3O6S/c1-9(2)13(15(20)21)17-8-10(7-16)14(19)18-11-3-5-12(6-4-11)25(22,23)24/h3-6,8-9,13,17H,1-2H3,(H,18,19)(H,20,21)(H,22,23,24)/b10-8-. The minimum absolute atomic E-state index is 0.192. The van der Waals surface area contributed by atoms with Crippen molar-refractivity contribution < 1.29 is 27.7 Å². The number of carboxylic acids is 1. The number of aliphatic carboxylic acids is 1. The fraction of sp³-hybridized carbons (Fsp3) is 0.267. The summed E-state index contributed by atoms with van der Waals surface area (Å²) in [5.41, 5.74) is -0.164. The van der Waals surface area contributed by atoms with Gasteiger partial charge in [-0.2, -0.15) is 13.7 Å². The monoisotopic (exact) mass is 367 g/mol. The summed E-state index contributed by atoms with van der Waals surface area (Å²) in [5.74, 6) is -2.20. The van der Waals surface area contributed by atoms with E-state index in [-0.39, 0.29) is 22.1 Å². The molecule has 1 amide bonds. The molecule has 0 saturated carbocycles. The first kappa shape index (κ1) is 20.1. The molecule has 0 fully saturated rings. The Morgan fingerprint density at radius 2 is 1.80 bits per heavy atom. The first-order valence-corrected chi connectivity index (χ1v) is 8.48. The van der Waals surface area contributed by atoms with Crippen LogP contribution in [-0.4, -0.2) is 36.0 Å². The summed E-state index contributed by atoms with van der Waals surface area (Å²) in [6.45, 7) is 3.34. The smallest absolute Gasteiger partial charge is 0.326 e. The van der Waals surface area contributed by atoms with Crippen molar-refractivity contribution >= 4 is 27.7 Å². The van der Waals surface area contributed by atoms with Crippen LogP contribution in [0.1, 0.15) is 13.8 Å². The molecule has 10 heteroatoms. The van der Waals surface area contributed by atoms with Gasteiger partial charge in [-0.15, -0.1) is 0 Å². The Balaban J connectivity index is 2.88. The minimum Gasteiger partial charge on any atom is -0.480 e. The van der Waals surface area contributed by atoms with E-state index in [1.807, 2.05) is 0 Å². The Kier molecular flexibility index (Phi) is 6.67. The molecule has 1 unspecified atom stereocenters. The molecule has 0 heterocycles. The largest absolute Gasteiger partial charge is 0.480 e. The lowest BCUT2D eigenvalue weighted by molar-refractivity contribution is -0.140. The molecule has 0 aliphatic heterocycles. The summed E-state index contributed by atoms with van der Waals surface area (Å²) in [6, 6.07) is 5.31. The SMILES string of the molecule is CC(C)C(N/C=C(/C#N)C(=O)Nc1ccc(S(=O)(=O)O)cc1)C(=O)O. The molecular formula is C15H17N3O6S. The van der Waals surface area contributed by atoms with Crippen LogP contribution in [0.25, 0.3) is 0 Å². The lowest BCUT2D eigenvalue weighted by Crippen LogP contribution is -2.38. The van der Waals surface area contributed by atoms with Gasteiger partial charge < -0.3 is 15.7 Å². The number of carboxylic acid groups (broad SMARTS) is 1. The molecule has 0 aliphatic carbocycles. The van der Waals surface area contributed by atoms with Crippen molar-refractivity contribution in [2.75, 3.05) is 5.32 Å². The zero-order chi connectivity index (χ0) is 19.2. The molecule has 1 atom stereocenters. The molecular weight excluding hydrogens is 350 g/mol. The Morgan fingerprint density at radius 1 is 1.24 bits per heavy atom. The van der Waals surface area contributed by atoms with Gasteiger partial charge in [0.2, 0.25) is 0 Å². The lowest BCUT2D eigenvalue weighted by atomic mass is 10.1. The van der Waals surface area contributed by atoms with Gasteiger partial charge in [0.15, 0.2) is 0 Å². The number of hydrogen-bond donors (Lipinski definition) is 4. The van der Waals surface area contributed by atoms with Crippen LogP contribution in [0.15, 0.2) is 40.9 Å². The second-order valence-electron chi connectivity index (χ2n) is 5.35. The number of hydrogen-bond acceptors (Lipinski definition) is 6. The summed E-state index contributed by atoms with van der Waals surface area (Å²) < 4.78 is 30.8. The quantitative estimate of drug-likeness (QED) is 0.315. The molecule has 0 aliphatic rings. The second-order valence-corrected chi connectivity index (χ2v) is 6.77. The third-order valence-electron chi connectivity index (χ3n) is 3.12. The maximum atomic E-state index is 12.0. The third-order valence-corrected chi connectivity index (χ3v) is 3.98. The van der Waals surface area contributed by atoms with Crippen LogP contribution in [0.2, 0.25) is 0 Å². The fourth-order valence-corrected chi connectivity index (χ4v) is 2.26. The third kappa shape index (κ3) is 5.91. The van der Waals surface area contributed by atoms with Gasteiger partial charge >= 0.3 is 5.97 Å². The van der Waals surface area contributed by atoms with Gasteiger partial charge in [-0.1, -0.05) is 13.8 Å². The van der Waals surface area contributed by atoms with E-state index in [2.05, 4.69) is 10.6 Å². The number of benzene rings is 1. The molecule has 25 heavy (non-hydrogen) atoms. The van der Waals surface area contributed by atoms with Crippen LogP contribution in [0, 0.1) is 17.2 Å². The van der Waals surface area contributed by atoms with Crippen molar-refractivity contribution in [1.82, 2.24) is 5.32 Å². The van der Waals surface area contributed by atoms with Crippen LogP contribution >= 0.6 is 0 Å². The molecule has 1 rings (SSSR count). The maximum absolute atomic E-state index is 12.0. The van der Waals surface area contributed by atoms with Gasteiger partial charge in [-0.25, -0.2) is 4.79 Å². The van der Waals surface area contributed by atoms with E-state index in [1.165, 1.54) is 12.1 Å². The molecule has 0 saturated heterocycles. The molecule has 0 bridgehead atoms. The van der Waals surface area contributed by atoms with Crippen molar-refractivity contribution in [3.05, 3.63) is 36.0 Å². The van der Waals surface area contributed by atoms with Crippen LogP contribution in [0.4, 0.5) is 5.69 Å². The average molecular weight is 367 g/mol. The summed E-state index contributed by atoms with van der Waals surface area (Å²) in [5, 5.41) is 23.0. The highest BCUT2D eigenvalue weighted by Gasteiger charge is 2.20. The van der Waals surface area contributed by atoms with Gasteiger partial charge in [-0.05, 0) is 30.2 Å². The van der Waals surface area contributed by atoms with Crippen LogP contribution in [-0.2, 0) is 19.7 Å². The normalized spacial score (nSPS) is 13.0. The topological polar surface area (TPSA) is 157 Å². The van der Waals surface area contributed by atoms with E-state index in [9.17, 15) is 18.0 Å². The van der Waals surface area contributed by atoms with E-state index in [4.69, 9.17) is 14.9 Å². The number of nitrogens with one attached hydrogen (secondary N) is 2. The van der Waals surface area contributed by atoms with E-state index >= 15 is 0 Å². The molecule has 9 nitrogen and oxygen atoms in total. The van der Waals surface area contributed by atoms with Crippen LogP contribution in [0.3, 0.4) is 0 Å². The van der Waals surface area contributed by atoms with Gasteiger partial charge in [0.25, 0.3) is 16.0 Å². The summed E-state index contributed by atoms with van der Waals surface area (Å²) >= 11 is 0. The predicted octanol–water partition coefficient (Wildman–Crippen LogP) is 0.978. The number of carbonyl (C=O) groups excluding carboxylic acids is 1. The van der Waals surface area contributed by atoms with E-state index in [0.29, 0.717) is 0 Å². The molecule has 0 spiro atoms. The van der Waals surface area contributed by atoms with E-state index in [1.54, 1.807) is 19.9 Å². The Morgan fingerprint density at radius 3 is 2.20 bits per heavy atom. The zero-order valence-electron chi connectivity index (χ0n) is 13.4. The van der Waals surface area contributed by atoms with Crippen molar-refractivity contribution in [2.24, 2.45) is 5.92 Å². The number of amides is 1. The van der Waals surface area contributed by atoms with Gasteiger partial charge in [0.05, 0.1) is 4.90 Å². The summed E-state index contributed by atoms with van der Waals surface area (Å²) in [6.07, 6.45) is 1.01. The number of carbonyl (C=O) groups is 2. The van der Waals surface area contributed by atoms with Crippen molar-refractivity contribution in [3.8, 4) is 6.07 Å². The predicted molar refractivity (Wildman–Crippen MR) is 88.0 cm³/mol. The number of nitrogens with zero attached hydrogens (tertiary/aromatic N) is 1. The van der Waals surface area contributed by atoms with E-state index < -0.39 is 28.0 Å². The van der Waals surface area contributed by atoms with Crippen molar-refractivity contribution in [1.29, 1.82) is 5.26 Å². The van der Waals surface area contributed by atoms with Gasteiger partial charge in [0, 0.05) is 11.9 Å². The fourth-order valence-electron chi connectivity index (χ4n) is 1.78. The summed E-state index contributed by atoms with van der Waals surface area (Å²) in [4.78, 5) is 22.7. The molecule has 1 aromatic carbocycles.